The van der Waals surface area contributed by atoms with Gasteiger partial charge in [-0.15, -0.1) is 0 Å². The molecular weight excluding hydrogens is 352 g/mol. The summed E-state index contributed by atoms with van der Waals surface area (Å²) in [6, 6.07) is 17.4. The highest BCUT2D eigenvalue weighted by Crippen LogP contribution is 2.18. The van der Waals surface area contributed by atoms with Crippen molar-refractivity contribution in [3.63, 3.8) is 0 Å². The second kappa shape index (κ2) is 9.98. The first kappa shape index (κ1) is 19.2. The third-order valence-electron chi connectivity index (χ3n) is 4.19. The zero-order valence-electron chi connectivity index (χ0n) is 15.8. The number of fused-ring (bicyclic) bond motifs is 1. The first-order valence-electron chi connectivity index (χ1n) is 9.07. The number of carbonyl (C=O) groups is 1. The van der Waals surface area contributed by atoms with Crippen LogP contribution in [-0.2, 0) is 11.2 Å². The van der Waals surface area contributed by atoms with Crippen molar-refractivity contribution in [3.8, 4) is 23.3 Å². The highest BCUT2D eigenvalue weighted by molar-refractivity contribution is 5.79. The van der Waals surface area contributed by atoms with Crippen molar-refractivity contribution in [2.75, 3.05) is 20.3 Å². The second-order valence-electron chi connectivity index (χ2n) is 6.12. The number of benzene rings is 2. The fourth-order valence-corrected chi connectivity index (χ4v) is 2.65. The van der Waals surface area contributed by atoms with Crippen molar-refractivity contribution in [3.05, 3.63) is 66.4 Å². The van der Waals surface area contributed by atoms with Crippen LogP contribution in [0.15, 0.2) is 60.8 Å². The van der Waals surface area contributed by atoms with Crippen LogP contribution in [0.25, 0.3) is 10.9 Å². The first-order chi connectivity index (χ1) is 13.7. The normalized spacial score (nSPS) is 10.0. The third kappa shape index (κ3) is 5.75. The molecule has 0 aliphatic heterocycles. The highest BCUT2D eigenvalue weighted by Gasteiger charge is 2.01. The van der Waals surface area contributed by atoms with E-state index in [0.29, 0.717) is 19.4 Å². The zero-order valence-corrected chi connectivity index (χ0v) is 15.8. The molecule has 5 nitrogen and oxygen atoms in total. The summed E-state index contributed by atoms with van der Waals surface area (Å²) in [5.74, 6) is 7.32. The van der Waals surface area contributed by atoms with Crippen LogP contribution < -0.4 is 14.8 Å². The maximum Gasteiger partial charge on any atom is 0.221 e. The summed E-state index contributed by atoms with van der Waals surface area (Å²) < 4.78 is 10.7. The molecule has 3 rings (SSSR count). The van der Waals surface area contributed by atoms with E-state index in [-0.39, 0.29) is 12.5 Å². The van der Waals surface area contributed by atoms with Gasteiger partial charge in [0.1, 0.15) is 18.1 Å². The van der Waals surface area contributed by atoms with Crippen LogP contribution in [0.2, 0.25) is 0 Å². The molecule has 0 aliphatic rings. The van der Waals surface area contributed by atoms with Gasteiger partial charge in [-0.05, 0) is 42.3 Å². The van der Waals surface area contributed by atoms with Gasteiger partial charge in [-0.25, -0.2) is 0 Å². The predicted molar refractivity (Wildman–Crippen MR) is 109 cm³/mol. The van der Waals surface area contributed by atoms with E-state index in [2.05, 4.69) is 22.1 Å². The lowest BCUT2D eigenvalue weighted by molar-refractivity contribution is -0.120. The van der Waals surface area contributed by atoms with Crippen LogP contribution in [-0.4, -0.2) is 31.2 Å². The number of hydrogen-bond acceptors (Lipinski definition) is 4. The molecule has 1 aromatic heterocycles. The first-order valence-corrected chi connectivity index (χ1v) is 9.07. The van der Waals surface area contributed by atoms with Gasteiger partial charge in [-0.2, -0.15) is 0 Å². The number of ether oxygens (including phenoxy) is 2. The van der Waals surface area contributed by atoms with Crippen LogP contribution in [0.5, 0.6) is 11.5 Å². The Morgan fingerprint density at radius 3 is 2.71 bits per heavy atom. The van der Waals surface area contributed by atoms with Gasteiger partial charge in [0.2, 0.25) is 5.91 Å². The molecular formula is C23H22N2O3. The molecule has 0 saturated carbocycles. The molecule has 3 aromatic rings. The van der Waals surface area contributed by atoms with E-state index in [1.807, 2.05) is 54.6 Å². The summed E-state index contributed by atoms with van der Waals surface area (Å²) in [6.45, 7) is 0.574. The fourth-order valence-electron chi connectivity index (χ4n) is 2.65. The average molecular weight is 374 g/mol. The number of nitrogens with one attached hydrogen (secondary N) is 1. The Balaban J connectivity index is 1.35. The van der Waals surface area contributed by atoms with Gasteiger partial charge in [0.15, 0.2) is 0 Å². The van der Waals surface area contributed by atoms with Gasteiger partial charge < -0.3 is 14.8 Å². The molecule has 2 aromatic carbocycles. The summed E-state index contributed by atoms with van der Waals surface area (Å²) in [7, 11) is 1.63. The van der Waals surface area contributed by atoms with Crippen molar-refractivity contribution >= 4 is 16.8 Å². The maximum absolute atomic E-state index is 11.9. The lowest BCUT2D eigenvalue weighted by Gasteiger charge is -2.04. The lowest BCUT2D eigenvalue weighted by Crippen LogP contribution is -2.23. The minimum absolute atomic E-state index is 0.0216. The summed E-state index contributed by atoms with van der Waals surface area (Å²) in [4.78, 5) is 16.2. The maximum atomic E-state index is 11.9. The van der Waals surface area contributed by atoms with Gasteiger partial charge in [-0.3, -0.25) is 9.78 Å². The SMILES string of the molecule is COc1ccc(CCC(=O)NCC#CCOc2ccc3cccnc3c2)cc1. The molecule has 1 amide bonds. The molecule has 28 heavy (non-hydrogen) atoms. The van der Waals surface area contributed by atoms with Crippen molar-refractivity contribution in [1.82, 2.24) is 10.3 Å². The number of carbonyl (C=O) groups excluding carboxylic acids is 1. The van der Waals surface area contributed by atoms with E-state index in [4.69, 9.17) is 9.47 Å². The monoisotopic (exact) mass is 374 g/mol. The zero-order chi connectivity index (χ0) is 19.6. The van der Waals surface area contributed by atoms with Crippen LogP contribution in [0.1, 0.15) is 12.0 Å². The number of aryl methyl sites for hydroxylation is 1. The van der Waals surface area contributed by atoms with Gasteiger partial charge in [0.05, 0.1) is 19.2 Å². The number of methoxy groups -OCH3 is 1. The summed E-state index contributed by atoms with van der Waals surface area (Å²) >= 11 is 0. The van der Waals surface area contributed by atoms with E-state index < -0.39 is 0 Å². The number of pyridine rings is 1. The summed E-state index contributed by atoms with van der Waals surface area (Å²) in [5.41, 5.74) is 1.98. The summed E-state index contributed by atoms with van der Waals surface area (Å²) in [6.07, 6.45) is 2.86. The minimum Gasteiger partial charge on any atom is -0.497 e. The summed E-state index contributed by atoms with van der Waals surface area (Å²) in [5, 5.41) is 3.86. The fraction of sp³-hybridized carbons (Fsp3) is 0.217. The Bertz CT molecular complexity index is 988. The van der Waals surface area contributed by atoms with E-state index in [1.165, 1.54) is 0 Å². The number of aromatic nitrogens is 1. The van der Waals surface area contributed by atoms with Gasteiger partial charge in [0.25, 0.3) is 0 Å². The molecule has 0 spiro atoms. The average Bonchev–Trinajstić information content (AvgIpc) is 2.75. The molecule has 0 unspecified atom stereocenters. The van der Waals surface area contributed by atoms with Crippen LogP contribution in [0.4, 0.5) is 0 Å². The molecule has 0 atom stereocenters. The Morgan fingerprint density at radius 2 is 1.89 bits per heavy atom. The van der Waals surface area contributed by atoms with Crippen molar-refractivity contribution in [1.29, 1.82) is 0 Å². The van der Waals surface area contributed by atoms with E-state index in [0.717, 1.165) is 28.0 Å². The minimum atomic E-state index is -0.0216. The van der Waals surface area contributed by atoms with Gasteiger partial charge in [0, 0.05) is 24.1 Å². The smallest absolute Gasteiger partial charge is 0.221 e. The van der Waals surface area contributed by atoms with Gasteiger partial charge in [-0.1, -0.05) is 30.0 Å². The Morgan fingerprint density at radius 1 is 1.07 bits per heavy atom. The number of amides is 1. The second-order valence-corrected chi connectivity index (χ2v) is 6.12. The molecule has 0 bridgehead atoms. The van der Waals surface area contributed by atoms with Crippen LogP contribution >= 0.6 is 0 Å². The molecule has 0 saturated heterocycles. The Labute approximate surface area is 164 Å². The van der Waals surface area contributed by atoms with Crippen LogP contribution in [0.3, 0.4) is 0 Å². The molecule has 0 fully saturated rings. The number of nitrogens with zero attached hydrogens (tertiary/aromatic N) is 1. The van der Waals surface area contributed by atoms with E-state index in [9.17, 15) is 4.79 Å². The highest BCUT2D eigenvalue weighted by atomic mass is 16.5. The Hall–Kier alpha value is -3.52. The third-order valence-corrected chi connectivity index (χ3v) is 4.19. The predicted octanol–water partition coefficient (Wildman–Crippen LogP) is 3.37. The topological polar surface area (TPSA) is 60.5 Å². The van der Waals surface area contributed by atoms with Crippen molar-refractivity contribution in [2.24, 2.45) is 0 Å². The Kier molecular flexibility index (Phi) is 6.86. The largest absolute Gasteiger partial charge is 0.497 e. The molecule has 0 aliphatic carbocycles. The molecule has 5 heteroatoms. The lowest BCUT2D eigenvalue weighted by atomic mass is 10.1. The van der Waals surface area contributed by atoms with Crippen LogP contribution in [0, 0.1) is 11.8 Å². The molecule has 1 N–H and O–H groups in total. The van der Waals surface area contributed by atoms with E-state index in [1.54, 1.807) is 13.3 Å². The van der Waals surface area contributed by atoms with E-state index >= 15 is 0 Å². The number of hydrogen-bond donors (Lipinski definition) is 1. The molecule has 1 heterocycles. The standard InChI is InChI=1S/C23H22N2O3/c1-27-20-10-6-18(7-11-20)8-13-23(26)25-14-2-3-16-28-21-12-9-19-5-4-15-24-22(19)17-21/h4-7,9-12,15,17H,8,13-14,16H2,1H3,(H,25,26). The number of rotatable bonds is 7. The quantitative estimate of drug-likeness (QED) is 0.644. The van der Waals surface area contributed by atoms with Gasteiger partial charge >= 0.3 is 0 Å². The molecule has 0 radical (unpaired) electrons. The van der Waals surface area contributed by atoms with Crippen molar-refractivity contribution < 1.29 is 14.3 Å². The van der Waals surface area contributed by atoms with Crippen molar-refractivity contribution in [2.45, 2.75) is 12.8 Å². The molecule has 142 valence electrons.